The number of fused-ring (bicyclic) bond motifs is 1. The van der Waals surface area contributed by atoms with Crippen LogP contribution in [0.5, 0.6) is 0 Å². The first-order valence-electron chi connectivity index (χ1n) is 7.58. The highest BCUT2D eigenvalue weighted by Crippen LogP contribution is 2.28. The van der Waals surface area contributed by atoms with Crippen LogP contribution in [0.3, 0.4) is 0 Å². The molecule has 2 unspecified atom stereocenters. The van der Waals surface area contributed by atoms with Gasteiger partial charge < -0.3 is 5.73 Å². The Morgan fingerprint density at radius 3 is 2.70 bits per heavy atom. The second-order valence-electron chi connectivity index (χ2n) is 6.18. The largest absolute Gasteiger partial charge is 0.327 e. The maximum absolute atomic E-state index is 6.54. The zero-order valence-corrected chi connectivity index (χ0v) is 15.8. The van der Waals surface area contributed by atoms with Gasteiger partial charge in [0, 0.05) is 31.1 Å². The molecular weight excluding hydrogens is 353 g/mol. The van der Waals surface area contributed by atoms with Gasteiger partial charge in [-0.25, -0.2) is 4.98 Å². The maximum atomic E-state index is 6.54. The van der Waals surface area contributed by atoms with E-state index in [1.54, 1.807) is 0 Å². The number of para-hydroxylation sites is 1. The highest BCUT2D eigenvalue weighted by molar-refractivity contribution is 6.32. The SMILES string of the molecule is Cc1c(Cl)c(CN2CCC(N)C(C)C2)nc2ccccc12.Cl.Cl. The van der Waals surface area contributed by atoms with Crippen LogP contribution in [0.1, 0.15) is 24.6 Å². The minimum atomic E-state index is 0. The summed E-state index contributed by atoms with van der Waals surface area (Å²) in [5.41, 5.74) is 9.22. The number of pyridine rings is 1. The molecule has 1 aromatic carbocycles. The fourth-order valence-electron chi connectivity index (χ4n) is 3.13. The van der Waals surface area contributed by atoms with E-state index < -0.39 is 0 Å². The summed E-state index contributed by atoms with van der Waals surface area (Å²) in [5.74, 6) is 0.527. The summed E-state index contributed by atoms with van der Waals surface area (Å²) in [6.45, 7) is 7.14. The van der Waals surface area contributed by atoms with Crippen molar-refractivity contribution in [3.8, 4) is 0 Å². The van der Waals surface area contributed by atoms with Crippen LogP contribution in [0.25, 0.3) is 10.9 Å². The number of hydrogen-bond donors (Lipinski definition) is 1. The van der Waals surface area contributed by atoms with Crippen molar-refractivity contribution in [3.05, 3.63) is 40.5 Å². The molecule has 1 aliphatic heterocycles. The normalized spacial score (nSPS) is 21.6. The lowest BCUT2D eigenvalue weighted by molar-refractivity contribution is 0.156. The molecule has 1 fully saturated rings. The van der Waals surface area contributed by atoms with Gasteiger partial charge in [-0.2, -0.15) is 0 Å². The fourth-order valence-corrected chi connectivity index (χ4v) is 3.33. The number of likely N-dealkylation sites (tertiary alicyclic amines) is 1. The third kappa shape index (κ3) is 4.28. The van der Waals surface area contributed by atoms with Gasteiger partial charge in [0.2, 0.25) is 0 Å². The number of nitrogens with zero attached hydrogens (tertiary/aromatic N) is 2. The van der Waals surface area contributed by atoms with E-state index in [1.807, 2.05) is 12.1 Å². The van der Waals surface area contributed by atoms with Gasteiger partial charge in [-0.15, -0.1) is 24.8 Å². The van der Waals surface area contributed by atoms with E-state index in [2.05, 4.69) is 30.9 Å². The molecule has 0 spiro atoms. The molecule has 0 bridgehead atoms. The van der Waals surface area contributed by atoms with Gasteiger partial charge in [-0.1, -0.05) is 36.7 Å². The van der Waals surface area contributed by atoms with E-state index in [4.69, 9.17) is 22.3 Å². The number of halogens is 3. The molecule has 2 aromatic rings. The van der Waals surface area contributed by atoms with Gasteiger partial charge in [0.05, 0.1) is 16.2 Å². The highest BCUT2D eigenvalue weighted by Gasteiger charge is 2.24. The van der Waals surface area contributed by atoms with Crippen molar-refractivity contribution in [2.45, 2.75) is 32.9 Å². The summed E-state index contributed by atoms with van der Waals surface area (Å²) in [5, 5.41) is 1.94. The quantitative estimate of drug-likeness (QED) is 0.853. The molecule has 0 amide bonds. The van der Waals surface area contributed by atoms with Gasteiger partial charge in [0.25, 0.3) is 0 Å². The molecule has 1 saturated heterocycles. The van der Waals surface area contributed by atoms with Crippen molar-refractivity contribution < 1.29 is 0 Å². The van der Waals surface area contributed by atoms with Crippen molar-refractivity contribution in [3.63, 3.8) is 0 Å². The van der Waals surface area contributed by atoms with Crippen LogP contribution < -0.4 is 5.73 Å². The standard InChI is InChI=1S/C17H22ClN3.2ClH/c1-11-9-21(8-7-14(11)19)10-16-17(18)12(2)13-5-3-4-6-15(13)20-16;;/h3-6,11,14H,7-10,19H2,1-2H3;2*1H. The van der Waals surface area contributed by atoms with Gasteiger partial charge in [-0.05, 0) is 30.9 Å². The Kier molecular flexibility index (Phi) is 7.56. The van der Waals surface area contributed by atoms with Crippen molar-refractivity contribution in [2.75, 3.05) is 13.1 Å². The monoisotopic (exact) mass is 375 g/mol. The minimum Gasteiger partial charge on any atom is -0.327 e. The molecule has 128 valence electrons. The predicted octanol–water partition coefficient (Wildman–Crippen LogP) is 4.21. The Morgan fingerprint density at radius 1 is 1.30 bits per heavy atom. The van der Waals surface area contributed by atoms with Crippen LogP contribution in [-0.4, -0.2) is 29.0 Å². The predicted molar refractivity (Wildman–Crippen MR) is 103 cm³/mol. The lowest BCUT2D eigenvalue weighted by atomic mass is 9.94. The summed E-state index contributed by atoms with van der Waals surface area (Å²) in [6, 6.07) is 8.50. The van der Waals surface area contributed by atoms with Crippen molar-refractivity contribution in [1.82, 2.24) is 9.88 Å². The second kappa shape index (κ2) is 8.50. The molecule has 2 atom stereocenters. The smallest absolute Gasteiger partial charge is 0.0740 e. The summed E-state index contributed by atoms with van der Waals surface area (Å²) in [6.07, 6.45) is 1.05. The Morgan fingerprint density at radius 2 is 2.00 bits per heavy atom. The number of nitrogens with two attached hydrogens (primary N) is 1. The Hall–Kier alpha value is -0.580. The Bertz CT molecular complexity index is 663. The lowest BCUT2D eigenvalue weighted by Gasteiger charge is -2.35. The van der Waals surface area contributed by atoms with Crippen LogP contribution in [-0.2, 0) is 6.54 Å². The molecule has 0 aliphatic carbocycles. The molecule has 1 aromatic heterocycles. The molecule has 2 N–H and O–H groups in total. The third-order valence-electron chi connectivity index (χ3n) is 4.58. The molecule has 0 radical (unpaired) electrons. The average molecular weight is 377 g/mol. The third-order valence-corrected chi connectivity index (χ3v) is 5.08. The molecule has 1 aliphatic rings. The van der Waals surface area contributed by atoms with Crippen LogP contribution in [0.2, 0.25) is 5.02 Å². The van der Waals surface area contributed by atoms with Gasteiger partial charge >= 0.3 is 0 Å². The number of aromatic nitrogens is 1. The van der Waals surface area contributed by atoms with Crippen LogP contribution in [0, 0.1) is 12.8 Å². The molecule has 2 heterocycles. The van der Waals surface area contributed by atoms with Crippen LogP contribution in [0.15, 0.2) is 24.3 Å². The van der Waals surface area contributed by atoms with Crippen LogP contribution in [0.4, 0.5) is 0 Å². The Balaban J connectivity index is 0.00000132. The number of piperidine rings is 1. The van der Waals surface area contributed by atoms with E-state index in [1.165, 1.54) is 0 Å². The Labute approximate surface area is 155 Å². The molecule has 6 heteroatoms. The van der Waals surface area contributed by atoms with Gasteiger partial charge in [-0.3, -0.25) is 4.90 Å². The maximum Gasteiger partial charge on any atom is 0.0740 e. The molecule has 0 saturated carbocycles. The molecule has 23 heavy (non-hydrogen) atoms. The summed E-state index contributed by atoms with van der Waals surface area (Å²) in [7, 11) is 0. The fraction of sp³-hybridized carbons (Fsp3) is 0.471. The second-order valence-corrected chi connectivity index (χ2v) is 6.56. The summed E-state index contributed by atoms with van der Waals surface area (Å²) < 4.78 is 0. The van der Waals surface area contributed by atoms with E-state index in [-0.39, 0.29) is 24.8 Å². The van der Waals surface area contributed by atoms with E-state index in [0.717, 1.165) is 53.2 Å². The molecular formula is C17H24Cl3N3. The van der Waals surface area contributed by atoms with E-state index in [9.17, 15) is 0 Å². The molecule has 3 rings (SSSR count). The lowest BCUT2D eigenvalue weighted by Crippen LogP contribution is -2.45. The number of benzene rings is 1. The minimum absolute atomic E-state index is 0. The first-order valence-corrected chi connectivity index (χ1v) is 7.95. The number of rotatable bonds is 2. The average Bonchev–Trinajstić information content (AvgIpc) is 2.48. The van der Waals surface area contributed by atoms with E-state index in [0.29, 0.717) is 12.0 Å². The van der Waals surface area contributed by atoms with Crippen LogP contribution >= 0.6 is 36.4 Å². The van der Waals surface area contributed by atoms with Gasteiger partial charge in [0.1, 0.15) is 0 Å². The van der Waals surface area contributed by atoms with Crippen molar-refractivity contribution >= 4 is 47.3 Å². The first kappa shape index (κ1) is 20.5. The first-order chi connectivity index (χ1) is 10.1. The topological polar surface area (TPSA) is 42.1 Å². The van der Waals surface area contributed by atoms with Crippen molar-refractivity contribution in [1.29, 1.82) is 0 Å². The molecule has 3 nitrogen and oxygen atoms in total. The number of hydrogen-bond acceptors (Lipinski definition) is 3. The van der Waals surface area contributed by atoms with Crippen molar-refractivity contribution in [2.24, 2.45) is 11.7 Å². The highest BCUT2D eigenvalue weighted by atomic mass is 35.5. The number of aryl methyl sites for hydroxylation is 1. The summed E-state index contributed by atoms with van der Waals surface area (Å²) >= 11 is 6.54. The zero-order valence-electron chi connectivity index (χ0n) is 13.5. The van der Waals surface area contributed by atoms with E-state index >= 15 is 0 Å². The summed E-state index contributed by atoms with van der Waals surface area (Å²) in [4.78, 5) is 7.18. The van der Waals surface area contributed by atoms with Gasteiger partial charge in [0.15, 0.2) is 0 Å². The zero-order chi connectivity index (χ0) is 15.0.